The normalized spacial score (nSPS) is 14.5. The number of nitrogens with zero attached hydrogens (tertiary/aromatic N) is 2. The van der Waals surface area contributed by atoms with Gasteiger partial charge in [0.05, 0.1) is 5.52 Å². The van der Waals surface area contributed by atoms with Gasteiger partial charge in [0.25, 0.3) is 5.91 Å². The fourth-order valence-electron chi connectivity index (χ4n) is 3.39. The zero-order valence-electron chi connectivity index (χ0n) is 12.8. The number of aromatic nitrogens is 1. The smallest absolute Gasteiger partial charge is 0.262 e. The number of aryl methyl sites for hydroxylation is 1. The van der Waals surface area contributed by atoms with E-state index in [1.54, 1.807) is 0 Å². The Kier molecular flexibility index (Phi) is 2.91. The van der Waals surface area contributed by atoms with E-state index in [1.807, 2.05) is 34.9 Å². The van der Waals surface area contributed by atoms with E-state index >= 15 is 0 Å². The van der Waals surface area contributed by atoms with Crippen molar-refractivity contribution in [1.82, 2.24) is 9.47 Å². The first-order chi connectivity index (χ1) is 10.6. The number of fused-ring (bicyclic) bond motifs is 3. The second kappa shape index (κ2) is 4.82. The summed E-state index contributed by atoms with van der Waals surface area (Å²) in [5.41, 5.74) is 5.42. The van der Waals surface area contributed by atoms with Crippen LogP contribution in [0.2, 0.25) is 0 Å². The fraction of sp³-hybridized carbons (Fsp3) is 0.211. The third-order valence-electron chi connectivity index (χ3n) is 4.41. The largest absolute Gasteiger partial charge is 0.296 e. The monoisotopic (exact) mass is 290 g/mol. The number of carbonyl (C=O) groups is 1. The van der Waals surface area contributed by atoms with Gasteiger partial charge in [0.1, 0.15) is 0 Å². The average Bonchev–Trinajstić information content (AvgIpc) is 3.03. The van der Waals surface area contributed by atoms with E-state index in [2.05, 4.69) is 37.1 Å². The standard InChI is InChI=1S/C19H18N2O/c1-13-8-9-17-15(10-13)16-11-20(2)12-18(16)21(17)19(22)14-6-4-3-5-7-14/h3-10H,11-12H2,1-2H3. The number of rotatable bonds is 1. The van der Waals surface area contributed by atoms with E-state index < -0.39 is 0 Å². The molecule has 3 heteroatoms. The Morgan fingerprint density at radius 2 is 1.82 bits per heavy atom. The van der Waals surface area contributed by atoms with Crippen molar-refractivity contribution in [2.75, 3.05) is 7.05 Å². The van der Waals surface area contributed by atoms with Crippen LogP contribution < -0.4 is 0 Å². The number of hydrogen-bond acceptors (Lipinski definition) is 2. The van der Waals surface area contributed by atoms with Crippen molar-refractivity contribution in [3.8, 4) is 0 Å². The van der Waals surface area contributed by atoms with Gasteiger partial charge < -0.3 is 0 Å². The van der Waals surface area contributed by atoms with Gasteiger partial charge in [-0.05, 0) is 43.8 Å². The Balaban J connectivity index is 1.98. The van der Waals surface area contributed by atoms with Crippen molar-refractivity contribution >= 4 is 16.8 Å². The Hall–Kier alpha value is -2.39. The molecule has 110 valence electrons. The van der Waals surface area contributed by atoms with E-state index in [9.17, 15) is 4.79 Å². The van der Waals surface area contributed by atoms with Crippen molar-refractivity contribution in [2.24, 2.45) is 0 Å². The van der Waals surface area contributed by atoms with Gasteiger partial charge in [0.2, 0.25) is 0 Å². The molecule has 0 spiro atoms. The summed E-state index contributed by atoms with van der Waals surface area (Å²) in [6.45, 7) is 3.83. The zero-order chi connectivity index (χ0) is 15.3. The molecule has 0 saturated heterocycles. The SMILES string of the molecule is Cc1ccc2c(c1)c1c(n2C(=O)c2ccccc2)CN(C)C1. The van der Waals surface area contributed by atoms with Crippen LogP contribution in [0.3, 0.4) is 0 Å². The molecule has 0 atom stereocenters. The van der Waals surface area contributed by atoms with Crippen LogP contribution in [0.1, 0.15) is 27.2 Å². The lowest BCUT2D eigenvalue weighted by molar-refractivity contribution is 0.0961. The molecule has 0 unspecified atom stereocenters. The van der Waals surface area contributed by atoms with Crippen LogP contribution in [0.4, 0.5) is 0 Å². The van der Waals surface area contributed by atoms with Gasteiger partial charge in [-0.15, -0.1) is 0 Å². The molecule has 3 nitrogen and oxygen atoms in total. The fourth-order valence-corrected chi connectivity index (χ4v) is 3.39. The molecule has 0 amide bonds. The molecule has 0 radical (unpaired) electrons. The van der Waals surface area contributed by atoms with Gasteiger partial charge >= 0.3 is 0 Å². The van der Waals surface area contributed by atoms with Crippen LogP contribution in [-0.2, 0) is 13.1 Å². The molecule has 0 bridgehead atoms. The molecule has 4 rings (SSSR count). The van der Waals surface area contributed by atoms with Crippen molar-refractivity contribution in [3.05, 3.63) is 70.9 Å². The van der Waals surface area contributed by atoms with E-state index in [1.165, 1.54) is 16.5 Å². The third-order valence-corrected chi connectivity index (χ3v) is 4.41. The molecular formula is C19H18N2O. The second-order valence-corrected chi connectivity index (χ2v) is 6.12. The minimum Gasteiger partial charge on any atom is -0.296 e. The van der Waals surface area contributed by atoms with Crippen molar-refractivity contribution in [2.45, 2.75) is 20.0 Å². The third kappa shape index (κ3) is 1.90. The molecule has 22 heavy (non-hydrogen) atoms. The Morgan fingerprint density at radius 3 is 2.59 bits per heavy atom. The molecular weight excluding hydrogens is 272 g/mol. The predicted molar refractivity (Wildman–Crippen MR) is 88.0 cm³/mol. The summed E-state index contributed by atoms with van der Waals surface area (Å²) in [6, 6.07) is 15.9. The highest BCUT2D eigenvalue weighted by Gasteiger charge is 2.27. The molecule has 0 saturated carbocycles. The summed E-state index contributed by atoms with van der Waals surface area (Å²) in [5.74, 6) is 0.0611. The quantitative estimate of drug-likeness (QED) is 0.684. The van der Waals surface area contributed by atoms with Gasteiger partial charge in [0, 0.05) is 29.7 Å². The molecule has 2 heterocycles. The lowest BCUT2D eigenvalue weighted by atomic mass is 10.1. The van der Waals surface area contributed by atoms with Gasteiger partial charge in [-0.1, -0.05) is 29.8 Å². The first-order valence-electron chi connectivity index (χ1n) is 7.56. The van der Waals surface area contributed by atoms with Gasteiger partial charge in [0.15, 0.2) is 0 Å². The van der Waals surface area contributed by atoms with Crippen molar-refractivity contribution < 1.29 is 4.79 Å². The van der Waals surface area contributed by atoms with Gasteiger partial charge in [-0.2, -0.15) is 0 Å². The molecule has 2 aromatic carbocycles. The van der Waals surface area contributed by atoms with Crippen LogP contribution in [-0.4, -0.2) is 22.4 Å². The maximum atomic E-state index is 13.0. The summed E-state index contributed by atoms with van der Waals surface area (Å²) in [7, 11) is 2.10. The lowest BCUT2D eigenvalue weighted by Gasteiger charge is -2.11. The van der Waals surface area contributed by atoms with E-state index in [-0.39, 0.29) is 5.91 Å². The van der Waals surface area contributed by atoms with Gasteiger partial charge in [-0.3, -0.25) is 14.3 Å². The lowest BCUT2D eigenvalue weighted by Crippen LogP contribution is -2.17. The highest BCUT2D eigenvalue weighted by atomic mass is 16.2. The molecule has 0 fully saturated rings. The molecule has 1 aliphatic heterocycles. The Labute approximate surface area is 129 Å². The number of benzene rings is 2. The second-order valence-electron chi connectivity index (χ2n) is 6.12. The minimum atomic E-state index is 0.0611. The van der Waals surface area contributed by atoms with Crippen LogP contribution in [0.15, 0.2) is 48.5 Å². The molecule has 1 aromatic heterocycles. The van der Waals surface area contributed by atoms with Crippen LogP contribution >= 0.6 is 0 Å². The highest BCUT2D eigenvalue weighted by Crippen LogP contribution is 2.33. The Bertz CT molecular complexity index is 877. The number of carbonyl (C=O) groups excluding carboxylic acids is 1. The van der Waals surface area contributed by atoms with Crippen molar-refractivity contribution in [3.63, 3.8) is 0 Å². The first-order valence-corrected chi connectivity index (χ1v) is 7.56. The minimum absolute atomic E-state index is 0.0611. The highest BCUT2D eigenvalue weighted by molar-refractivity contribution is 6.04. The van der Waals surface area contributed by atoms with Crippen LogP contribution in [0, 0.1) is 6.92 Å². The topological polar surface area (TPSA) is 25.2 Å². The summed E-state index contributed by atoms with van der Waals surface area (Å²) in [4.78, 5) is 15.3. The summed E-state index contributed by atoms with van der Waals surface area (Å²) in [6.07, 6.45) is 0. The number of hydrogen-bond donors (Lipinski definition) is 0. The molecule has 0 aliphatic carbocycles. The predicted octanol–water partition coefficient (Wildman–Crippen LogP) is 3.58. The van der Waals surface area contributed by atoms with E-state index in [4.69, 9.17) is 0 Å². The molecule has 0 N–H and O–H groups in total. The Morgan fingerprint density at radius 1 is 1.05 bits per heavy atom. The molecule has 1 aliphatic rings. The molecule has 3 aromatic rings. The van der Waals surface area contributed by atoms with Crippen LogP contribution in [0.25, 0.3) is 10.9 Å². The zero-order valence-corrected chi connectivity index (χ0v) is 12.8. The van der Waals surface area contributed by atoms with E-state index in [0.717, 1.165) is 29.9 Å². The van der Waals surface area contributed by atoms with Crippen LogP contribution in [0.5, 0.6) is 0 Å². The summed E-state index contributed by atoms with van der Waals surface area (Å²) in [5, 5.41) is 1.21. The average molecular weight is 290 g/mol. The summed E-state index contributed by atoms with van der Waals surface area (Å²) >= 11 is 0. The maximum absolute atomic E-state index is 13.0. The van der Waals surface area contributed by atoms with Gasteiger partial charge in [-0.25, -0.2) is 0 Å². The van der Waals surface area contributed by atoms with E-state index in [0.29, 0.717) is 0 Å². The summed E-state index contributed by atoms with van der Waals surface area (Å²) < 4.78 is 1.91. The maximum Gasteiger partial charge on any atom is 0.262 e. The van der Waals surface area contributed by atoms with Crippen molar-refractivity contribution in [1.29, 1.82) is 0 Å². The first kappa shape index (κ1) is 13.3.